The molecule has 0 saturated heterocycles. The number of nitrogens with zero attached hydrogens (tertiary/aromatic N) is 1. The lowest BCUT2D eigenvalue weighted by Gasteiger charge is -2.09. The summed E-state index contributed by atoms with van der Waals surface area (Å²) in [6.45, 7) is 0. The largest absolute Gasteiger partial charge is 0.495 e. The van der Waals surface area contributed by atoms with E-state index in [1.54, 1.807) is 0 Å². The monoisotopic (exact) mass is 319 g/mol. The molecule has 6 heteroatoms. The van der Waals surface area contributed by atoms with Crippen LogP contribution in [-0.4, -0.2) is 12.1 Å². The van der Waals surface area contributed by atoms with Gasteiger partial charge in [0.2, 0.25) is 0 Å². The average Bonchev–Trinajstić information content (AvgIpc) is 2.09. The van der Waals surface area contributed by atoms with Gasteiger partial charge in [-0.15, -0.1) is 0 Å². The molecule has 1 aromatic heterocycles. The third-order valence-corrected chi connectivity index (χ3v) is 2.89. The van der Waals surface area contributed by atoms with E-state index in [1.165, 1.54) is 7.11 Å². The fraction of sp³-hybridized carbons (Fsp3) is 0.286. The fourth-order valence-corrected chi connectivity index (χ4v) is 1.44. The van der Waals surface area contributed by atoms with Crippen molar-refractivity contribution < 1.29 is 13.5 Å². The summed E-state index contributed by atoms with van der Waals surface area (Å²) in [5.74, 6) is -0.00364. The second kappa shape index (κ2) is 4.36. The molecule has 13 heavy (non-hydrogen) atoms. The first-order chi connectivity index (χ1) is 6.07. The Bertz CT molecular complexity index is 322. The number of methoxy groups -OCH3 is 1. The zero-order chi connectivity index (χ0) is 10.0. The van der Waals surface area contributed by atoms with E-state index in [4.69, 9.17) is 16.3 Å². The Morgan fingerprint density at radius 1 is 1.62 bits per heavy atom. The van der Waals surface area contributed by atoms with E-state index in [0.717, 1.165) is 6.20 Å². The zero-order valence-corrected chi connectivity index (χ0v) is 9.44. The van der Waals surface area contributed by atoms with Crippen LogP contribution in [0.4, 0.5) is 8.78 Å². The number of pyridine rings is 1. The smallest absolute Gasteiger partial charge is 0.268 e. The lowest BCUT2D eigenvalue weighted by atomic mass is 10.3. The molecular weight excluding hydrogens is 314 g/mol. The summed E-state index contributed by atoms with van der Waals surface area (Å²) in [6, 6.07) is 0. The lowest BCUT2D eigenvalue weighted by Crippen LogP contribution is -1.97. The lowest BCUT2D eigenvalue weighted by molar-refractivity contribution is 0.146. The van der Waals surface area contributed by atoms with Gasteiger partial charge in [0, 0.05) is 6.20 Å². The van der Waals surface area contributed by atoms with E-state index in [9.17, 15) is 8.78 Å². The average molecular weight is 319 g/mol. The maximum atomic E-state index is 12.3. The van der Waals surface area contributed by atoms with Gasteiger partial charge in [0.25, 0.3) is 6.43 Å². The molecule has 2 nitrogen and oxygen atoms in total. The minimum absolute atomic E-state index is 0.00364. The van der Waals surface area contributed by atoms with Crippen LogP contribution >= 0.6 is 34.2 Å². The highest BCUT2D eigenvalue weighted by Gasteiger charge is 2.19. The molecular formula is C7H5ClF2INO. The standard InChI is InChI=1S/C7H5ClF2INO/c1-13-5-3(6(9)10)2-12-7(11)4(5)8/h2,6H,1H3. The molecule has 0 N–H and O–H groups in total. The van der Waals surface area contributed by atoms with Crippen LogP contribution in [0, 0.1) is 3.70 Å². The number of ether oxygens (including phenoxy) is 1. The third-order valence-electron chi connectivity index (χ3n) is 1.40. The number of rotatable bonds is 2. The van der Waals surface area contributed by atoms with Crippen LogP contribution in [0.1, 0.15) is 12.0 Å². The second-order valence-electron chi connectivity index (χ2n) is 2.15. The molecule has 0 unspecified atom stereocenters. The highest BCUT2D eigenvalue weighted by atomic mass is 127. The molecule has 0 aliphatic heterocycles. The van der Waals surface area contributed by atoms with E-state index >= 15 is 0 Å². The van der Waals surface area contributed by atoms with Crippen molar-refractivity contribution >= 4 is 34.2 Å². The molecule has 0 fully saturated rings. The predicted molar refractivity (Wildman–Crippen MR) is 53.5 cm³/mol. The Hall–Kier alpha value is -0.170. The molecule has 1 heterocycles. The summed E-state index contributed by atoms with van der Waals surface area (Å²) in [6.07, 6.45) is -1.56. The Balaban J connectivity index is 3.30. The van der Waals surface area contributed by atoms with Crippen molar-refractivity contribution in [1.82, 2.24) is 4.98 Å². The van der Waals surface area contributed by atoms with Crippen LogP contribution in [0.25, 0.3) is 0 Å². The van der Waals surface area contributed by atoms with Crippen molar-refractivity contribution in [3.63, 3.8) is 0 Å². The molecule has 0 radical (unpaired) electrons. The predicted octanol–water partition coefficient (Wildman–Crippen LogP) is 3.29. The van der Waals surface area contributed by atoms with Crippen LogP contribution in [0.2, 0.25) is 5.02 Å². The van der Waals surface area contributed by atoms with Crippen LogP contribution in [-0.2, 0) is 0 Å². The molecule has 0 aliphatic rings. The normalized spacial score (nSPS) is 10.6. The number of alkyl halides is 2. The number of hydrogen-bond acceptors (Lipinski definition) is 2. The van der Waals surface area contributed by atoms with Crippen LogP contribution in [0.3, 0.4) is 0 Å². The minimum atomic E-state index is -2.63. The van der Waals surface area contributed by atoms with Crippen molar-refractivity contribution in [3.05, 3.63) is 20.5 Å². The van der Waals surface area contributed by atoms with Gasteiger partial charge in [0.05, 0.1) is 12.7 Å². The number of halogens is 4. The third kappa shape index (κ3) is 2.19. The van der Waals surface area contributed by atoms with Gasteiger partial charge < -0.3 is 4.74 Å². The van der Waals surface area contributed by atoms with Gasteiger partial charge in [0.15, 0.2) is 5.75 Å². The van der Waals surface area contributed by atoms with Crippen LogP contribution in [0.5, 0.6) is 5.75 Å². The topological polar surface area (TPSA) is 22.1 Å². The number of hydrogen-bond donors (Lipinski definition) is 0. The van der Waals surface area contributed by atoms with Crippen LogP contribution < -0.4 is 4.74 Å². The van der Waals surface area contributed by atoms with Gasteiger partial charge in [-0.1, -0.05) is 11.6 Å². The van der Waals surface area contributed by atoms with Gasteiger partial charge in [0.1, 0.15) is 8.72 Å². The first-order valence-corrected chi connectivity index (χ1v) is 4.69. The molecule has 0 amide bonds. The van der Waals surface area contributed by atoms with E-state index in [0.29, 0.717) is 3.70 Å². The fourth-order valence-electron chi connectivity index (χ4n) is 0.825. The van der Waals surface area contributed by atoms with E-state index in [1.807, 2.05) is 22.6 Å². The molecule has 0 spiro atoms. The van der Waals surface area contributed by atoms with E-state index in [2.05, 4.69) is 4.98 Å². The summed E-state index contributed by atoms with van der Waals surface area (Å²) < 4.78 is 29.9. The first-order valence-electron chi connectivity index (χ1n) is 3.24. The SMILES string of the molecule is COc1c(C(F)F)cnc(I)c1Cl. The Labute approximate surface area is 92.4 Å². The van der Waals surface area contributed by atoms with Crippen molar-refractivity contribution in [2.24, 2.45) is 0 Å². The zero-order valence-electron chi connectivity index (χ0n) is 6.52. The van der Waals surface area contributed by atoms with Crippen molar-refractivity contribution in [2.75, 3.05) is 7.11 Å². The molecule has 72 valence electrons. The molecule has 1 rings (SSSR count). The van der Waals surface area contributed by atoms with Gasteiger partial charge in [-0.25, -0.2) is 13.8 Å². The van der Waals surface area contributed by atoms with Crippen molar-refractivity contribution in [1.29, 1.82) is 0 Å². The summed E-state index contributed by atoms with van der Waals surface area (Å²) in [7, 11) is 1.29. The van der Waals surface area contributed by atoms with E-state index in [-0.39, 0.29) is 16.3 Å². The van der Waals surface area contributed by atoms with Gasteiger partial charge in [-0.05, 0) is 22.6 Å². The minimum Gasteiger partial charge on any atom is -0.495 e. The highest BCUT2D eigenvalue weighted by Crippen LogP contribution is 2.36. The van der Waals surface area contributed by atoms with Crippen molar-refractivity contribution in [3.8, 4) is 5.75 Å². The molecule has 0 atom stereocenters. The maximum absolute atomic E-state index is 12.3. The van der Waals surface area contributed by atoms with Crippen molar-refractivity contribution in [2.45, 2.75) is 6.43 Å². The van der Waals surface area contributed by atoms with Gasteiger partial charge in [-0.3, -0.25) is 0 Å². The maximum Gasteiger partial charge on any atom is 0.268 e. The highest BCUT2D eigenvalue weighted by molar-refractivity contribution is 14.1. The Morgan fingerprint density at radius 3 is 2.69 bits per heavy atom. The van der Waals surface area contributed by atoms with Gasteiger partial charge in [-0.2, -0.15) is 0 Å². The first kappa shape index (κ1) is 10.9. The Morgan fingerprint density at radius 2 is 2.23 bits per heavy atom. The summed E-state index contributed by atoms with van der Waals surface area (Å²) in [5.41, 5.74) is -0.284. The molecule has 0 aliphatic carbocycles. The van der Waals surface area contributed by atoms with E-state index < -0.39 is 6.43 Å². The second-order valence-corrected chi connectivity index (χ2v) is 3.55. The Kier molecular flexibility index (Phi) is 3.66. The number of aromatic nitrogens is 1. The van der Waals surface area contributed by atoms with Crippen LogP contribution in [0.15, 0.2) is 6.20 Å². The van der Waals surface area contributed by atoms with Gasteiger partial charge >= 0.3 is 0 Å². The molecule has 0 aromatic carbocycles. The summed E-state index contributed by atoms with van der Waals surface area (Å²) in [4.78, 5) is 3.70. The molecule has 1 aromatic rings. The quantitative estimate of drug-likeness (QED) is 0.616. The molecule has 0 saturated carbocycles. The summed E-state index contributed by atoms with van der Waals surface area (Å²) >= 11 is 7.56. The summed E-state index contributed by atoms with van der Waals surface area (Å²) in [5, 5.41) is 0.126. The molecule has 0 bridgehead atoms.